The third-order valence-electron chi connectivity index (χ3n) is 6.33. The molecule has 0 aliphatic heterocycles. The summed E-state index contributed by atoms with van der Waals surface area (Å²) < 4.78 is 56.3. The van der Waals surface area contributed by atoms with Crippen molar-refractivity contribution in [1.29, 1.82) is 0 Å². The molecule has 0 saturated carbocycles. The lowest BCUT2D eigenvalue weighted by Gasteiger charge is -2.25. The Hall–Kier alpha value is -4.29. The van der Waals surface area contributed by atoms with Gasteiger partial charge in [-0.15, -0.1) is 0 Å². The Morgan fingerprint density at radius 1 is 0.732 bits per heavy atom. The van der Waals surface area contributed by atoms with E-state index in [2.05, 4.69) is 20.0 Å². The third-order valence-corrected chi connectivity index (χ3v) is 9.46. The van der Waals surface area contributed by atoms with Crippen LogP contribution in [0.4, 0.5) is 17.3 Å². The molecule has 0 aliphatic carbocycles. The maximum absolute atomic E-state index is 13.6. The monoisotopic (exact) mass is 593 g/mol. The van der Waals surface area contributed by atoms with Crippen molar-refractivity contribution in [1.82, 2.24) is 9.97 Å². The second kappa shape index (κ2) is 11.7. The van der Waals surface area contributed by atoms with Crippen LogP contribution in [0.15, 0.2) is 82.6 Å². The molecular formula is C29H31N5O5S2. The molecule has 0 bridgehead atoms. The Morgan fingerprint density at radius 3 is 1.90 bits per heavy atom. The van der Waals surface area contributed by atoms with E-state index in [0.717, 1.165) is 21.0 Å². The topological polar surface area (TPSA) is 138 Å². The Labute approximate surface area is 240 Å². The van der Waals surface area contributed by atoms with Gasteiger partial charge in [0, 0.05) is 17.1 Å². The van der Waals surface area contributed by atoms with Gasteiger partial charge < -0.3 is 5.32 Å². The van der Waals surface area contributed by atoms with E-state index in [1.54, 1.807) is 50.2 Å². The lowest BCUT2D eigenvalue weighted by Crippen LogP contribution is -2.38. The molecule has 0 saturated heterocycles. The molecule has 0 atom stereocenters. The molecule has 3 aromatic carbocycles. The van der Waals surface area contributed by atoms with E-state index in [-0.39, 0.29) is 15.7 Å². The first-order valence-corrected chi connectivity index (χ1v) is 15.6. The standard InChI is InChI=1S/C29H31N5O5S2/c1-19-6-12-27(13-7-19)41(38,39)34(25-11-8-20(2)21(3)16-25)18-28(35)32-24-9-14-26(15-10-24)40(36,37)33-29-30-22(4)17-23(5)31-29/h6-17H,18H2,1-5H3,(H,32,35)(H,30,31,33). The first-order valence-electron chi connectivity index (χ1n) is 12.7. The van der Waals surface area contributed by atoms with Crippen molar-refractivity contribution in [3.63, 3.8) is 0 Å². The van der Waals surface area contributed by atoms with Crippen molar-refractivity contribution in [2.24, 2.45) is 0 Å². The molecule has 0 unspecified atom stereocenters. The molecule has 4 aromatic rings. The van der Waals surface area contributed by atoms with Crippen molar-refractivity contribution in [2.75, 3.05) is 20.9 Å². The van der Waals surface area contributed by atoms with Crippen molar-refractivity contribution < 1.29 is 21.6 Å². The number of sulfonamides is 2. The van der Waals surface area contributed by atoms with Gasteiger partial charge in [0.1, 0.15) is 6.54 Å². The number of hydrogen-bond donors (Lipinski definition) is 2. The Kier molecular flexibility index (Phi) is 8.45. The first-order chi connectivity index (χ1) is 19.2. The van der Waals surface area contributed by atoms with Gasteiger partial charge in [-0.1, -0.05) is 23.8 Å². The number of carbonyl (C=O) groups excluding carboxylic acids is 1. The minimum atomic E-state index is -4.08. The number of aryl methyl sites for hydroxylation is 5. The van der Waals surface area contributed by atoms with Crippen molar-refractivity contribution in [3.05, 3.63) is 101 Å². The lowest BCUT2D eigenvalue weighted by atomic mass is 10.1. The second-order valence-corrected chi connectivity index (χ2v) is 13.3. The molecule has 1 amide bonds. The molecule has 10 nitrogen and oxygen atoms in total. The zero-order valence-corrected chi connectivity index (χ0v) is 25.0. The highest BCUT2D eigenvalue weighted by Crippen LogP contribution is 2.26. The molecule has 41 heavy (non-hydrogen) atoms. The molecule has 4 rings (SSSR count). The van der Waals surface area contributed by atoms with E-state index in [4.69, 9.17) is 0 Å². The summed E-state index contributed by atoms with van der Waals surface area (Å²) in [6, 6.07) is 18.8. The Bertz CT molecular complexity index is 1790. The SMILES string of the molecule is Cc1ccc(S(=O)(=O)N(CC(=O)Nc2ccc(S(=O)(=O)Nc3nc(C)cc(C)n3)cc2)c2ccc(C)c(C)c2)cc1. The van der Waals surface area contributed by atoms with Crippen LogP contribution in [0.2, 0.25) is 0 Å². The first kappa shape index (κ1) is 29.7. The molecule has 0 spiro atoms. The number of amides is 1. The third kappa shape index (κ3) is 7.08. The van der Waals surface area contributed by atoms with E-state index in [9.17, 15) is 21.6 Å². The van der Waals surface area contributed by atoms with Gasteiger partial charge in [0.15, 0.2) is 0 Å². The summed E-state index contributed by atoms with van der Waals surface area (Å²) in [6.45, 7) is 8.61. The molecule has 214 valence electrons. The number of rotatable bonds is 9. The molecule has 2 N–H and O–H groups in total. The van der Waals surface area contributed by atoms with Gasteiger partial charge in [-0.2, -0.15) is 0 Å². The van der Waals surface area contributed by atoms with Crippen LogP contribution < -0.4 is 14.3 Å². The molecular weight excluding hydrogens is 562 g/mol. The van der Waals surface area contributed by atoms with E-state index < -0.39 is 32.5 Å². The molecule has 0 fully saturated rings. The molecule has 12 heteroatoms. The molecule has 1 heterocycles. The van der Waals surface area contributed by atoms with E-state index in [0.29, 0.717) is 22.8 Å². The Balaban J connectivity index is 1.55. The van der Waals surface area contributed by atoms with Gasteiger partial charge in [-0.05, 0) is 100 Å². The number of aromatic nitrogens is 2. The summed E-state index contributed by atoms with van der Waals surface area (Å²) in [4.78, 5) is 21.3. The van der Waals surface area contributed by atoms with Crippen LogP contribution in [0, 0.1) is 34.6 Å². The second-order valence-electron chi connectivity index (χ2n) is 9.75. The lowest BCUT2D eigenvalue weighted by molar-refractivity contribution is -0.114. The van der Waals surface area contributed by atoms with Crippen molar-refractivity contribution in [2.45, 2.75) is 44.4 Å². The molecule has 0 aliphatic rings. The number of benzene rings is 3. The number of anilines is 3. The van der Waals surface area contributed by atoms with Gasteiger partial charge in [-0.3, -0.25) is 9.10 Å². The summed E-state index contributed by atoms with van der Waals surface area (Å²) in [7, 11) is -8.06. The van der Waals surface area contributed by atoms with Crippen LogP contribution in [0.25, 0.3) is 0 Å². The number of nitrogens with one attached hydrogen (secondary N) is 2. The van der Waals surface area contributed by atoms with Crippen LogP contribution in [0.5, 0.6) is 0 Å². The van der Waals surface area contributed by atoms with Crippen LogP contribution in [-0.4, -0.2) is 39.3 Å². The van der Waals surface area contributed by atoms with Gasteiger partial charge in [0.25, 0.3) is 20.0 Å². The summed E-state index contributed by atoms with van der Waals surface area (Å²) in [5.74, 6) is -0.641. The van der Waals surface area contributed by atoms with Gasteiger partial charge >= 0.3 is 0 Å². The number of nitrogens with zero attached hydrogens (tertiary/aromatic N) is 3. The van der Waals surface area contributed by atoms with Gasteiger partial charge in [0.2, 0.25) is 11.9 Å². The number of carbonyl (C=O) groups is 1. The maximum Gasteiger partial charge on any atom is 0.264 e. The van der Waals surface area contributed by atoms with E-state index in [1.165, 1.54) is 36.4 Å². The molecule has 1 aromatic heterocycles. The maximum atomic E-state index is 13.6. The predicted octanol–water partition coefficient (Wildman–Crippen LogP) is 4.65. The van der Waals surface area contributed by atoms with E-state index >= 15 is 0 Å². The highest BCUT2D eigenvalue weighted by molar-refractivity contribution is 7.93. The van der Waals surface area contributed by atoms with Crippen molar-refractivity contribution >= 4 is 43.3 Å². The normalized spacial score (nSPS) is 11.6. The average molecular weight is 594 g/mol. The Morgan fingerprint density at radius 2 is 1.32 bits per heavy atom. The smallest absolute Gasteiger partial charge is 0.264 e. The van der Waals surface area contributed by atoms with Crippen molar-refractivity contribution in [3.8, 4) is 0 Å². The zero-order valence-electron chi connectivity index (χ0n) is 23.3. The highest BCUT2D eigenvalue weighted by Gasteiger charge is 2.27. The highest BCUT2D eigenvalue weighted by atomic mass is 32.2. The number of hydrogen-bond acceptors (Lipinski definition) is 7. The summed E-state index contributed by atoms with van der Waals surface area (Å²) >= 11 is 0. The predicted molar refractivity (Wildman–Crippen MR) is 159 cm³/mol. The van der Waals surface area contributed by atoms with Crippen LogP contribution in [-0.2, 0) is 24.8 Å². The summed E-state index contributed by atoms with van der Waals surface area (Å²) in [6.07, 6.45) is 0. The minimum Gasteiger partial charge on any atom is -0.325 e. The van der Waals surface area contributed by atoms with Crippen LogP contribution in [0.3, 0.4) is 0 Å². The summed E-state index contributed by atoms with van der Waals surface area (Å²) in [5.41, 5.74) is 4.65. The average Bonchev–Trinajstić information content (AvgIpc) is 2.88. The van der Waals surface area contributed by atoms with E-state index in [1.807, 2.05) is 20.8 Å². The van der Waals surface area contributed by atoms with Gasteiger partial charge in [-0.25, -0.2) is 31.5 Å². The van der Waals surface area contributed by atoms with Gasteiger partial charge in [0.05, 0.1) is 15.5 Å². The minimum absolute atomic E-state index is 0.0406. The molecule has 0 radical (unpaired) electrons. The fraction of sp³-hybridized carbons (Fsp3) is 0.207. The summed E-state index contributed by atoms with van der Waals surface area (Å²) in [5, 5.41) is 2.66. The fourth-order valence-corrected chi connectivity index (χ4v) is 6.39. The zero-order chi connectivity index (χ0) is 29.9. The largest absolute Gasteiger partial charge is 0.325 e. The van der Waals surface area contributed by atoms with Crippen LogP contribution in [0.1, 0.15) is 28.1 Å². The fourth-order valence-electron chi connectivity index (χ4n) is 4.03. The quantitative estimate of drug-likeness (QED) is 0.288. The van der Waals surface area contributed by atoms with Crippen LogP contribution >= 0.6 is 0 Å².